The lowest BCUT2D eigenvalue weighted by molar-refractivity contribution is 0.102. The Morgan fingerprint density at radius 1 is 1.31 bits per heavy atom. The fourth-order valence-corrected chi connectivity index (χ4v) is 1.24. The third-order valence-corrected chi connectivity index (χ3v) is 2.31. The van der Waals surface area contributed by atoms with Crippen molar-refractivity contribution >= 4 is 0 Å². The van der Waals surface area contributed by atoms with Gasteiger partial charge < -0.3 is 19.7 Å². The van der Waals surface area contributed by atoms with Gasteiger partial charge in [-0.25, -0.2) is 0 Å². The molecule has 1 atom stereocenters. The van der Waals surface area contributed by atoms with E-state index in [4.69, 9.17) is 14.6 Å². The summed E-state index contributed by atoms with van der Waals surface area (Å²) >= 11 is 0. The summed E-state index contributed by atoms with van der Waals surface area (Å²) in [6, 6.07) is 5.21. The Kier molecular flexibility index (Phi) is 5.08. The van der Waals surface area contributed by atoms with Crippen molar-refractivity contribution in [3.05, 3.63) is 23.8 Å². The average molecular weight is 226 g/mol. The van der Waals surface area contributed by atoms with Crippen LogP contribution in [0, 0.1) is 0 Å². The first kappa shape index (κ1) is 12.8. The van der Waals surface area contributed by atoms with Crippen LogP contribution in [-0.4, -0.2) is 30.0 Å². The van der Waals surface area contributed by atoms with Crippen LogP contribution in [0.2, 0.25) is 0 Å². The van der Waals surface area contributed by atoms with Crippen LogP contribution >= 0.6 is 0 Å². The van der Waals surface area contributed by atoms with E-state index in [0.29, 0.717) is 17.9 Å². The molecular formula is C12H18O4. The van der Waals surface area contributed by atoms with Crippen molar-refractivity contribution in [1.29, 1.82) is 0 Å². The molecule has 0 aliphatic carbocycles. The molecular weight excluding hydrogens is 208 g/mol. The topological polar surface area (TPSA) is 58.9 Å². The third kappa shape index (κ3) is 3.40. The van der Waals surface area contributed by atoms with Crippen LogP contribution in [0.3, 0.4) is 0 Å². The molecule has 1 unspecified atom stereocenters. The van der Waals surface area contributed by atoms with E-state index in [2.05, 4.69) is 0 Å². The van der Waals surface area contributed by atoms with Crippen molar-refractivity contribution < 1.29 is 19.7 Å². The van der Waals surface area contributed by atoms with Crippen LogP contribution in [0.15, 0.2) is 18.2 Å². The quantitative estimate of drug-likeness (QED) is 0.768. The Morgan fingerprint density at radius 3 is 2.62 bits per heavy atom. The lowest BCUT2D eigenvalue weighted by atomic mass is 10.2. The molecule has 0 saturated carbocycles. The number of benzene rings is 1. The molecule has 0 heterocycles. The zero-order valence-electron chi connectivity index (χ0n) is 9.64. The summed E-state index contributed by atoms with van der Waals surface area (Å²) in [4.78, 5) is 0. The molecule has 1 rings (SSSR count). The van der Waals surface area contributed by atoms with Gasteiger partial charge in [-0.2, -0.15) is 0 Å². The molecule has 2 N–H and O–H groups in total. The van der Waals surface area contributed by atoms with Crippen molar-refractivity contribution in [3.63, 3.8) is 0 Å². The molecule has 1 aromatic rings. The van der Waals surface area contributed by atoms with Crippen LogP contribution in [0.1, 0.15) is 18.9 Å². The summed E-state index contributed by atoms with van der Waals surface area (Å²) in [6.45, 7) is 2.06. The van der Waals surface area contributed by atoms with Gasteiger partial charge in [-0.3, -0.25) is 0 Å². The molecule has 0 aromatic heterocycles. The summed E-state index contributed by atoms with van der Waals surface area (Å²) in [5, 5.41) is 18.4. The van der Waals surface area contributed by atoms with Crippen LogP contribution in [-0.2, 0) is 6.61 Å². The molecule has 0 aliphatic rings. The summed E-state index contributed by atoms with van der Waals surface area (Å²) in [5.41, 5.74) is 0.752. The van der Waals surface area contributed by atoms with Crippen molar-refractivity contribution in [2.24, 2.45) is 0 Å². The van der Waals surface area contributed by atoms with Crippen LogP contribution < -0.4 is 9.47 Å². The Labute approximate surface area is 95.4 Å². The first-order valence-electron chi connectivity index (χ1n) is 5.29. The number of hydrogen-bond donors (Lipinski definition) is 2. The number of aliphatic hydroxyl groups excluding tert-OH is 2. The Bertz CT molecular complexity index is 325. The minimum absolute atomic E-state index is 0.0450. The van der Waals surface area contributed by atoms with E-state index in [0.717, 1.165) is 5.56 Å². The average Bonchev–Trinajstić information content (AvgIpc) is 2.35. The first-order chi connectivity index (χ1) is 7.71. The maximum absolute atomic E-state index is 9.39. The number of methoxy groups -OCH3 is 1. The van der Waals surface area contributed by atoms with Crippen molar-refractivity contribution in [2.75, 3.05) is 13.7 Å². The molecule has 0 radical (unpaired) electrons. The molecule has 0 aliphatic heterocycles. The molecule has 0 fully saturated rings. The van der Waals surface area contributed by atoms with Crippen LogP contribution in [0.4, 0.5) is 0 Å². The standard InChI is InChI=1S/C12H18O4/c1-3-10(14)8-16-12-6-9(7-13)4-5-11(12)15-2/h4-6,10,13-14H,3,7-8H2,1-2H3. The number of ether oxygens (including phenoxy) is 2. The van der Waals surface area contributed by atoms with Gasteiger partial charge in [0.2, 0.25) is 0 Å². The fraction of sp³-hybridized carbons (Fsp3) is 0.500. The Hall–Kier alpha value is -1.26. The van der Waals surface area contributed by atoms with E-state index in [1.165, 1.54) is 0 Å². The number of aliphatic hydroxyl groups is 2. The van der Waals surface area contributed by atoms with Crippen LogP contribution in [0.25, 0.3) is 0 Å². The highest BCUT2D eigenvalue weighted by Gasteiger charge is 2.08. The van der Waals surface area contributed by atoms with Crippen LogP contribution in [0.5, 0.6) is 11.5 Å². The smallest absolute Gasteiger partial charge is 0.161 e. The van der Waals surface area contributed by atoms with Gasteiger partial charge in [0, 0.05) is 0 Å². The molecule has 0 spiro atoms. The second kappa shape index (κ2) is 6.35. The highest BCUT2D eigenvalue weighted by Crippen LogP contribution is 2.28. The van der Waals surface area contributed by atoms with Crippen molar-refractivity contribution in [3.8, 4) is 11.5 Å². The highest BCUT2D eigenvalue weighted by atomic mass is 16.5. The zero-order chi connectivity index (χ0) is 12.0. The van der Waals surface area contributed by atoms with Crippen molar-refractivity contribution in [1.82, 2.24) is 0 Å². The minimum atomic E-state index is -0.484. The predicted octanol–water partition coefficient (Wildman–Crippen LogP) is 1.34. The number of hydrogen-bond acceptors (Lipinski definition) is 4. The maximum Gasteiger partial charge on any atom is 0.161 e. The molecule has 16 heavy (non-hydrogen) atoms. The van der Waals surface area contributed by atoms with E-state index in [-0.39, 0.29) is 13.2 Å². The van der Waals surface area contributed by atoms with E-state index in [9.17, 15) is 5.11 Å². The summed E-state index contributed by atoms with van der Waals surface area (Å²) in [5.74, 6) is 1.14. The number of rotatable bonds is 6. The summed E-state index contributed by atoms with van der Waals surface area (Å²) in [7, 11) is 1.55. The largest absolute Gasteiger partial charge is 0.493 e. The zero-order valence-corrected chi connectivity index (χ0v) is 9.64. The van der Waals surface area contributed by atoms with Gasteiger partial charge in [0.05, 0.1) is 19.8 Å². The molecule has 4 heteroatoms. The molecule has 0 saturated heterocycles. The molecule has 0 amide bonds. The Morgan fingerprint density at radius 2 is 2.06 bits per heavy atom. The fourth-order valence-electron chi connectivity index (χ4n) is 1.24. The van der Waals surface area contributed by atoms with E-state index in [1.807, 2.05) is 6.92 Å². The SMILES string of the molecule is CCC(O)COc1cc(CO)ccc1OC. The van der Waals surface area contributed by atoms with Crippen molar-refractivity contribution in [2.45, 2.75) is 26.1 Å². The van der Waals surface area contributed by atoms with Gasteiger partial charge in [0.15, 0.2) is 11.5 Å². The van der Waals surface area contributed by atoms with E-state index < -0.39 is 6.10 Å². The molecule has 1 aromatic carbocycles. The third-order valence-electron chi connectivity index (χ3n) is 2.31. The normalized spacial score (nSPS) is 12.2. The van der Waals surface area contributed by atoms with Gasteiger partial charge in [0.1, 0.15) is 6.61 Å². The van der Waals surface area contributed by atoms with Gasteiger partial charge in [-0.1, -0.05) is 13.0 Å². The molecule has 0 bridgehead atoms. The van der Waals surface area contributed by atoms with E-state index >= 15 is 0 Å². The lowest BCUT2D eigenvalue weighted by Gasteiger charge is -2.14. The predicted molar refractivity (Wildman–Crippen MR) is 60.7 cm³/mol. The summed E-state index contributed by atoms with van der Waals surface area (Å²) < 4.78 is 10.6. The maximum atomic E-state index is 9.39. The van der Waals surface area contributed by atoms with Gasteiger partial charge >= 0.3 is 0 Å². The van der Waals surface area contributed by atoms with Gasteiger partial charge in [-0.15, -0.1) is 0 Å². The first-order valence-corrected chi connectivity index (χ1v) is 5.29. The summed E-state index contributed by atoms with van der Waals surface area (Å²) in [6.07, 6.45) is 0.157. The lowest BCUT2D eigenvalue weighted by Crippen LogP contribution is -2.16. The second-order valence-corrected chi connectivity index (χ2v) is 3.52. The molecule has 90 valence electrons. The minimum Gasteiger partial charge on any atom is -0.493 e. The Balaban J connectivity index is 2.75. The van der Waals surface area contributed by atoms with Gasteiger partial charge in [0.25, 0.3) is 0 Å². The molecule has 4 nitrogen and oxygen atoms in total. The monoisotopic (exact) mass is 226 g/mol. The van der Waals surface area contributed by atoms with E-state index in [1.54, 1.807) is 25.3 Å². The van der Waals surface area contributed by atoms with Gasteiger partial charge in [-0.05, 0) is 24.1 Å². The highest BCUT2D eigenvalue weighted by molar-refractivity contribution is 5.42. The second-order valence-electron chi connectivity index (χ2n) is 3.52.